The normalized spacial score (nSPS) is 13.0. The van der Waals surface area contributed by atoms with Gasteiger partial charge in [-0.3, -0.25) is 9.36 Å². The molecule has 4 heteroatoms. The fourth-order valence-electron chi connectivity index (χ4n) is 4.48. The van der Waals surface area contributed by atoms with E-state index in [1.807, 2.05) is 73.7 Å². The maximum absolute atomic E-state index is 13.8. The highest BCUT2D eigenvalue weighted by atomic mass is 32.2. The van der Waals surface area contributed by atoms with Crippen LogP contribution in [0.1, 0.15) is 39.4 Å². The Labute approximate surface area is 208 Å². The number of carbonyl (C=O) groups excluding carboxylic acids is 1. The van der Waals surface area contributed by atoms with Crippen LogP contribution >= 0.6 is 0 Å². The Balaban J connectivity index is 1.54. The van der Waals surface area contributed by atoms with Gasteiger partial charge in [-0.2, -0.15) is 0 Å². The van der Waals surface area contributed by atoms with Gasteiger partial charge in [0.15, 0.2) is 0 Å². The van der Waals surface area contributed by atoms with Crippen molar-refractivity contribution in [2.75, 3.05) is 0 Å². The fourth-order valence-corrected chi connectivity index (χ4v) is 5.69. The van der Waals surface area contributed by atoms with E-state index in [4.69, 9.17) is 0 Å². The fraction of sp³-hybridized carbons (Fsp3) is 0.129. The minimum Gasteiger partial charge on any atom is -0.286 e. The second-order valence-electron chi connectivity index (χ2n) is 8.93. The van der Waals surface area contributed by atoms with Gasteiger partial charge in [0.1, 0.15) is 0 Å². The van der Waals surface area contributed by atoms with Crippen LogP contribution in [-0.4, -0.2) is 14.7 Å². The SMILES string of the molecule is Cc1ccc([C@@H](CC(=O)n2cc([S@@](=O)c3ccc(C)cc3)c3ccccc32)c2ccccc2)cc1. The van der Waals surface area contributed by atoms with Crippen molar-refractivity contribution in [2.45, 2.75) is 36.0 Å². The first-order valence-electron chi connectivity index (χ1n) is 11.7. The summed E-state index contributed by atoms with van der Waals surface area (Å²) in [7, 11) is -1.39. The summed E-state index contributed by atoms with van der Waals surface area (Å²) < 4.78 is 15.2. The standard InChI is InChI=1S/C31H27NO2S/c1-22-12-16-25(17-13-22)28(24-8-4-3-5-9-24)20-31(33)32-21-30(27-10-6-7-11-29(27)32)35(34)26-18-14-23(2)15-19-26/h3-19,21,28H,20H2,1-2H3/t28-,35-/m0/s1. The maximum Gasteiger partial charge on any atom is 0.232 e. The van der Waals surface area contributed by atoms with Crippen LogP contribution in [0.4, 0.5) is 0 Å². The van der Waals surface area contributed by atoms with Crippen molar-refractivity contribution in [1.82, 2.24) is 4.57 Å². The monoisotopic (exact) mass is 477 g/mol. The first-order valence-corrected chi connectivity index (χ1v) is 12.9. The lowest BCUT2D eigenvalue weighted by atomic mass is 9.88. The van der Waals surface area contributed by atoms with Crippen molar-refractivity contribution in [1.29, 1.82) is 0 Å². The molecular weight excluding hydrogens is 450 g/mol. The summed E-state index contributed by atoms with van der Waals surface area (Å²) in [5, 5.41) is 0.839. The number of rotatable bonds is 6. The van der Waals surface area contributed by atoms with E-state index in [1.165, 1.54) is 5.56 Å². The van der Waals surface area contributed by atoms with Crippen LogP contribution < -0.4 is 0 Å². The Morgan fingerprint density at radius 1 is 0.743 bits per heavy atom. The van der Waals surface area contributed by atoms with E-state index in [0.29, 0.717) is 11.3 Å². The maximum atomic E-state index is 13.8. The minimum atomic E-state index is -1.39. The van der Waals surface area contributed by atoms with Gasteiger partial charge in [0.25, 0.3) is 0 Å². The second-order valence-corrected chi connectivity index (χ2v) is 10.4. The molecule has 0 saturated carbocycles. The highest BCUT2D eigenvalue weighted by molar-refractivity contribution is 7.85. The average Bonchev–Trinajstić information content (AvgIpc) is 3.28. The topological polar surface area (TPSA) is 39.1 Å². The first kappa shape index (κ1) is 23.0. The van der Waals surface area contributed by atoms with Crippen LogP contribution in [0.2, 0.25) is 0 Å². The van der Waals surface area contributed by atoms with E-state index in [9.17, 15) is 9.00 Å². The van der Waals surface area contributed by atoms with Gasteiger partial charge in [-0.25, -0.2) is 4.21 Å². The lowest BCUT2D eigenvalue weighted by molar-refractivity contribution is 0.0902. The van der Waals surface area contributed by atoms with Crippen LogP contribution in [0.5, 0.6) is 0 Å². The molecule has 35 heavy (non-hydrogen) atoms. The molecule has 0 unspecified atom stereocenters. The number of nitrogens with zero attached hydrogens (tertiary/aromatic N) is 1. The van der Waals surface area contributed by atoms with Crippen LogP contribution in [0.25, 0.3) is 10.9 Å². The van der Waals surface area contributed by atoms with Crippen molar-refractivity contribution in [3.05, 3.63) is 132 Å². The predicted octanol–water partition coefficient (Wildman–Crippen LogP) is 7.29. The third kappa shape index (κ3) is 4.75. The van der Waals surface area contributed by atoms with Gasteiger partial charge in [-0.1, -0.05) is 96.1 Å². The summed E-state index contributed by atoms with van der Waals surface area (Å²) in [6, 6.07) is 33.9. The van der Waals surface area contributed by atoms with Gasteiger partial charge >= 0.3 is 0 Å². The summed E-state index contributed by atoms with van der Waals surface area (Å²) in [6.07, 6.45) is 2.07. The number of hydrogen-bond acceptors (Lipinski definition) is 2. The summed E-state index contributed by atoms with van der Waals surface area (Å²) in [5.41, 5.74) is 5.29. The van der Waals surface area contributed by atoms with Crippen molar-refractivity contribution >= 4 is 27.6 Å². The van der Waals surface area contributed by atoms with E-state index < -0.39 is 10.8 Å². The molecule has 0 aliphatic carbocycles. The number of para-hydroxylation sites is 1. The minimum absolute atomic E-state index is 0.0252. The van der Waals surface area contributed by atoms with Gasteiger partial charge in [0.05, 0.1) is 21.2 Å². The Bertz CT molecular complexity index is 1500. The second kappa shape index (κ2) is 9.85. The highest BCUT2D eigenvalue weighted by Gasteiger charge is 2.23. The van der Waals surface area contributed by atoms with Crippen molar-refractivity contribution in [3.63, 3.8) is 0 Å². The molecule has 5 rings (SSSR count). The summed E-state index contributed by atoms with van der Waals surface area (Å²) in [5.74, 6) is -0.0979. The van der Waals surface area contributed by atoms with Crippen molar-refractivity contribution in [2.24, 2.45) is 0 Å². The molecule has 174 valence electrons. The lowest BCUT2D eigenvalue weighted by Gasteiger charge is -2.18. The number of aryl methyl sites for hydroxylation is 2. The van der Waals surface area contributed by atoms with Crippen molar-refractivity contribution in [3.8, 4) is 0 Å². The number of carbonyl (C=O) groups is 1. The molecule has 3 nitrogen and oxygen atoms in total. The predicted molar refractivity (Wildman–Crippen MR) is 142 cm³/mol. The molecule has 0 amide bonds. The Kier molecular flexibility index (Phi) is 6.47. The smallest absolute Gasteiger partial charge is 0.232 e. The molecule has 0 N–H and O–H groups in total. The van der Waals surface area contributed by atoms with E-state index in [1.54, 1.807) is 10.8 Å². The van der Waals surface area contributed by atoms with Crippen LogP contribution in [0.3, 0.4) is 0 Å². The molecule has 0 spiro atoms. The number of benzene rings is 4. The molecule has 0 fully saturated rings. The van der Waals surface area contributed by atoms with E-state index in [0.717, 1.165) is 32.5 Å². The molecule has 4 aromatic carbocycles. The molecular formula is C31H27NO2S. The number of hydrogen-bond donors (Lipinski definition) is 0. The lowest BCUT2D eigenvalue weighted by Crippen LogP contribution is -2.15. The largest absolute Gasteiger partial charge is 0.286 e. The number of aromatic nitrogens is 1. The molecule has 1 heterocycles. The zero-order chi connectivity index (χ0) is 24.4. The van der Waals surface area contributed by atoms with Gasteiger partial charge in [0.2, 0.25) is 5.91 Å². The van der Waals surface area contributed by atoms with E-state index in [2.05, 4.69) is 43.3 Å². The van der Waals surface area contributed by atoms with Crippen LogP contribution in [0, 0.1) is 13.8 Å². The Hall–Kier alpha value is -3.76. The van der Waals surface area contributed by atoms with Crippen LogP contribution in [-0.2, 0) is 10.8 Å². The average molecular weight is 478 g/mol. The molecule has 0 saturated heterocycles. The molecule has 0 aliphatic rings. The van der Waals surface area contributed by atoms with Gasteiger partial charge < -0.3 is 0 Å². The molecule has 1 aromatic heterocycles. The quantitative estimate of drug-likeness (QED) is 0.258. The zero-order valence-electron chi connectivity index (χ0n) is 19.8. The van der Waals surface area contributed by atoms with Crippen molar-refractivity contribution < 1.29 is 9.00 Å². The molecule has 0 bridgehead atoms. The van der Waals surface area contributed by atoms with Gasteiger partial charge in [-0.15, -0.1) is 0 Å². The summed E-state index contributed by atoms with van der Waals surface area (Å²) in [6.45, 7) is 4.07. The third-order valence-electron chi connectivity index (χ3n) is 6.44. The summed E-state index contributed by atoms with van der Waals surface area (Å²) in [4.78, 5) is 15.2. The first-order chi connectivity index (χ1) is 17.0. The zero-order valence-corrected chi connectivity index (χ0v) is 20.7. The van der Waals surface area contributed by atoms with Crippen LogP contribution in [0.15, 0.2) is 119 Å². The molecule has 0 aliphatic heterocycles. The summed E-state index contributed by atoms with van der Waals surface area (Å²) >= 11 is 0. The van der Waals surface area contributed by atoms with E-state index in [-0.39, 0.29) is 11.8 Å². The molecule has 0 radical (unpaired) electrons. The van der Waals surface area contributed by atoms with Gasteiger partial charge in [-0.05, 0) is 43.2 Å². The Morgan fingerprint density at radius 2 is 1.31 bits per heavy atom. The molecule has 5 aromatic rings. The highest BCUT2D eigenvalue weighted by Crippen LogP contribution is 2.32. The Morgan fingerprint density at radius 3 is 2.00 bits per heavy atom. The number of fused-ring (bicyclic) bond motifs is 1. The van der Waals surface area contributed by atoms with E-state index >= 15 is 0 Å². The third-order valence-corrected chi connectivity index (χ3v) is 7.86. The molecule has 2 atom stereocenters. The van der Waals surface area contributed by atoms with Gasteiger partial charge in [0, 0.05) is 28.8 Å².